The molecule has 0 fully saturated rings. The Bertz CT molecular complexity index is 108. The Morgan fingerprint density at radius 1 is 1.08 bits per heavy atom. The normalized spacial score (nSPS) is 15.7. The third-order valence-corrected chi connectivity index (χ3v) is 3.26. The third-order valence-electron chi connectivity index (χ3n) is 2.30. The van der Waals surface area contributed by atoms with Gasteiger partial charge in [-0.15, -0.1) is 0 Å². The van der Waals surface area contributed by atoms with Crippen molar-refractivity contribution in [3.05, 3.63) is 0 Å². The van der Waals surface area contributed by atoms with Gasteiger partial charge in [-0.05, 0) is 45.2 Å². The van der Waals surface area contributed by atoms with Crippen LogP contribution < -0.4 is 10.6 Å². The Morgan fingerprint density at radius 3 is 2.15 bits per heavy atom. The predicted molar refractivity (Wildman–Crippen MR) is 67.2 cm³/mol. The van der Waals surface area contributed by atoms with Crippen LogP contribution in [0.15, 0.2) is 0 Å². The zero-order chi connectivity index (χ0) is 10.1. The van der Waals surface area contributed by atoms with E-state index in [2.05, 4.69) is 35.9 Å². The van der Waals surface area contributed by atoms with Crippen molar-refractivity contribution in [1.29, 1.82) is 0 Å². The highest BCUT2D eigenvalue weighted by molar-refractivity contribution is 7.80. The van der Waals surface area contributed by atoms with E-state index < -0.39 is 0 Å². The molecule has 2 nitrogen and oxygen atoms in total. The first kappa shape index (κ1) is 13.6. The molecule has 0 bridgehead atoms. The molecule has 2 atom stereocenters. The molecule has 0 unspecified atom stereocenters. The van der Waals surface area contributed by atoms with Crippen molar-refractivity contribution in [2.24, 2.45) is 5.92 Å². The van der Waals surface area contributed by atoms with Crippen LogP contribution in [0.1, 0.15) is 12.8 Å². The van der Waals surface area contributed by atoms with E-state index in [-0.39, 0.29) is 0 Å². The molecule has 0 aromatic carbocycles. The summed E-state index contributed by atoms with van der Waals surface area (Å²) >= 11 is 8.61. The summed E-state index contributed by atoms with van der Waals surface area (Å²) in [6.45, 7) is 1.06. The van der Waals surface area contributed by atoms with Crippen molar-refractivity contribution in [2.45, 2.75) is 18.9 Å². The highest BCUT2D eigenvalue weighted by atomic mass is 32.1. The van der Waals surface area contributed by atoms with Gasteiger partial charge in [0, 0.05) is 11.8 Å². The van der Waals surface area contributed by atoms with E-state index in [1.807, 2.05) is 14.1 Å². The molecule has 0 rings (SSSR count). The molecule has 0 aromatic rings. The maximum Gasteiger partial charge on any atom is 0.0152 e. The van der Waals surface area contributed by atoms with Gasteiger partial charge in [-0.1, -0.05) is 0 Å². The maximum absolute atomic E-state index is 4.33. The van der Waals surface area contributed by atoms with E-state index in [0.717, 1.165) is 18.1 Å². The van der Waals surface area contributed by atoms with Crippen molar-refractivity contribution in [3.63, 3.8) is 0 Å². The van der Waals surface area contributed by atoms with Crippen LogP contribution in [0.2, 0.25) is 0 Å². The molecule has 0 saturated heterocycles. The lowest BCUT2D eigenvalue weighted by atomic mass is 10.0. The minimum Gasteiger partial charge on any atom is -0.319 e. The SMILES string of the molecule is CNC[C@@H](CS)CC[C@@H](CS)NC. The average Bonchev–Trinajstić information content (AvgIpc) is 2.17. The van der Waals surface area contributed by atoms with Gasteiger partial charge in [-0.25, -0.2) is 0 Å². The Balaban J connectivity index is 3.56. The molecule has 0 aliphatic rings. The topological polar surface area (TPSA) is 24.1 Å². The molecule has 4 heteroatoms. The molecule has 80 valence electrons. The average molecular weight is 222 g/mol. The number of hydrogen-bond acceptors (Lipinski definition) is 4. The highest BCUT2D eigenvalue weighted by Crippen LogP contribution is 2.10. The van der Waals surface area contributed by atoms with Gasteiger partial charge in [0.15, 0.2) is 0 Å². The Morgan fingerprint density at radius 2 is 1.77 bits per heavy atom. The zero-order valence-corrected chi connectivity index (χ0v) is 10.4. The molecular formula is C9H22N2S2. The second-order valence-electron chi connectivity index (χ2n) is 3.35. The first-order chi connectivity index (χ1) is 6.28. The van der Waals surface area contributed by atoms with Crippen LogP contribution in [-0.2, 0) is 0 Å². The molecule has 0 spiro atoms. The van der Waals surface area contributed by atoms with Crippen LogP contribution in [0.3, 0.4) is 0 Å². The van der Waals surface area contributed by atoms with Crippen molar-refractivity contribution >= 4 is 25.3 Å². The van der Waals surface area contributed by atoms with Crippen LogP contribution in [-0.4, -0.2) is 38.2 Å². The van der Waals surface area contributed by atoms with Gasteiger partial charge in [0.25, 0.3) is 0 Å². The first-order valence-electron chi connectivity index (χ1n) is 4.82. The highest BCUT2D eigenvalue weighted by Gasteiger charge is 2.09. The monoisotopic (exact) mass is 222 g/mol. The Kier molecular flexibility index (Phi) is 9.62. The molecule has 0 heterocycles. The molecular weight excluding hydrogens is 200 g/mol. The molecule has 0 saturated carbocycles. The Labute approximate surface area is 93.1 Å². The maximum atomic E-state index is 4.33. The van der Waals surface area contributed by atoms with E-state index in [1.165, 1.54) is 12.8 Å². The Hall–Kier alpha value is 0.620. The number of nitrogens with one attached hydrogen (secondary N) is 2. The molecule has 13 heavy (non-hydrogen) atoms. The second kappa shape index (κ2) is 9.19. The fourth-order valence-corrected chi connectivity index (χ4v) is 1.99. The summed E-state index contributed by atoms with van der Waals surface area (Å²) in [5, 5.41) is 6.44. The smallest absolute Gasteiger partial charge is 0.0152 e. The van der Waals surface area contributed by atoms with Gasteiger partial charge in [-0.3, -0.25) is 0 Å². The number of thiol groups is 2. The fourth-order valence-electron chi connectivity index (χ4n) is 1.31. The van der Waals surface area contributed by atoms with Gasteiger partial charge in [0.2, 0.25) is 0 Å². The first-order valence-corrected chi connectivity index (χ1v) is 6.08. The van der Waals surface area contributed by atoms with Crippen LogP contribution in [0.4, 0.5) is 0 Å². The molecule has 2 N–H and O–H groups in total. The third kappa shape index (κ3) is 6.66. The van der Waals surface area contributed by atoms with E-state index in [9.17, 15) is 0 Å². The van der Waals surface area contributed by atoms with Crippen LogP contribution in [0.5, 0.6) is 0 Å². The van der Waals surface area contributed by atoms with Gasteiger partial charge in [0.1, 0.15) is 0 Å². The van der Waals surface area contributed by atoms with Crippen molar-refractivity contribution in [2.75, 3.05) is 32.1 Å². The molecule has 0 amide bonds. The molecule has 0 aliphatic carbocycles. The van der Waals surface area contributed by atoms with Crippen LogP contribution in [0.25, 0.3) is 0 Å². The lowest BCUT2D eigenvalue weighted by Crippen LogP contribution is -2.29. The number of hydrogen-bond donors (Lipinski definition) is 4. The van der Waals surface area contributed by atoms with E-state index in [0.29, 0.717) is 12.0 Å². The van der Waals surface area contributed by atoms with Crippen molar-refractivity contribution < 1.29 is 0 Å². The fraction of sp³-hybridized carbons (Fsp3) is 1.00. The summed E-state index contributed by atoms with van der Waals surface area (Å²) in [7, 11) is 3.99. The van der Waals surface area contributed by atoms with Crippen LogP contribution >= 0.6 is 25.3 Å². The van der Waals surface area contributed by atoms with E-state index in [1.54, 1.807) is 0 Å². The van der Waals surface area contributed by atoms with Gasteiger partial charge < -0.3 is 10.6 Å². The summed E-state index contributed by atoms with van der Waals surface area (Å²) in [6, 6.07) is 0.544. The number of rotatable bonds is 8. The molecule has 0 radical (unpaired) electrons. The van der Waals surface area contributed by atoms with Gasteiger partial charge >= 0.3 is 0 Å². The summed E-state index contributed by atoms with van der Waals surface area (Å²) in [5.41, 5.74) is 0. The summed E-state index contributed by atoms with van der Waals surface area (Å²) < 4.78 is 0. The van der Waals surface area contributed by atoms with E-state index >= 15 is 0 Å². The van der Waals surface area contributed by atoms with E-state index in [4.69, 9.17) is 0 Å². The quantitative estimate of drug-likeness (QED) is 0.462. The second-order valence-corrected chi connectivity index (χ2v) is 4.08. The zero-order valence-electron chi connectivity index (χ0n) is 8.58. The van der Waals surface area contributed by atoms with Crippen molar-refractivity contribution in [3.8, 4) is 0 Å². The van der Waals surface area contributed by atoms with Crippen LogP contribution in [0, 0.1) is 5.92 Å². The van der Waals surface area contributed by atoms with Gasteiger partial charge in [0.05, 0.1) is 0 Å². The minimum atomic E-state index is 0.544. The lowest BCUT2D eigenvalue weighted by Gasteiger charge is -2.18. The minimum absolute atomic E-state index is 0.544. The predicted octanol–water partition coefficient (Wildman–Crippen LogP) is 1.05. The van der Waals surface area contributed by atoms with Gasteiger partial charge in [-0.2, -0.15) is 25.3 Å². The summed E-state index contributed by atoms with van der Waals surface area (Å²) in [4.78, 5) is 0. The lowest BCUT2D eigenvalue weighted by molar-refractivity contribution is 0.448. The molecule has 0 aliphatic heterocycles. The summed E-state index contributed by atoms with van der Waals surface area (Å²) in [5.74, 6) is 2.56. The summed E-state index contributed by atoms with van der Waals surface area (Å²) in [6.07, 6.45) is 2.41. The standard InChI is InChI=1S/C9H22N2S2/c1-10-5-8(6-12)3-4-9(7-13)11-2/h8-13H,3-7H2,1-2H3/t8-,9-/m0/s1. The molecule has 0 aromatic heterocycles. The van der Waals surface area contributed by atoms with Crippen molar-refractivity contribution in [1.82, 2.24) is 10.6 Å². The largest absolute Gasteiger partial charge is 0.319 e.